The van der Waals surface area contributed by atoms with Crippen molar-refractivity contribution in [2.24, 2.45) is 0 Å². The minimum absolute atomic E-state index is 0.245. The summed E-state index contributed by atoms with van der Waals surface area (Å²) in [6.45, 7) is 2.39. The van der Waals surface area contributed by atoms with Crippen LogP contribution in [-0.4, -0.2) is 140 Å². The summed E-state index contributed by atoms with van der Waals surface area (Å²) in [5.74, 6) is -0.279. The second kappa shape index (κ2) is 45.8. The van der Waals surface area contributed by atoms with Gasteiger partial charge in [-0.15, -0.1) is 0 Å². The maximum absolute atomic E-state index is 13.0. The Kier molecular flexibility index (Phi) is 41.0. The SMILES string of the molecule is CC/C=C\C/C=C\C/C=C\C/C=C\C/C=C\C/C=C\C/C=C\C/C=C\C/C=C\C/C=C\C/C=C\CCCCCCCC(=O)NC(COC1OC(CO)C(OC2OC(CO)C(O)C(O)C2O)C(O)C1O)C(O)/C=C/CCC. The minimum Gasteiger partial charge on any atom is -0.394 e. The van der Waals surface area contributed by atoms with Gasteiger partial charge in [0.2, 0.25) is 5.91 Å². The Bertz CT molecular complexity index is 1830. The molecule has 0 aromatic rings. The molecule has 2 saturated heterocycles. The minimum atomic E-state index is -1.79. The number of amides is 1. The number of allylic oxidation sites excluding steroid dienone is 23. The van der Waals surface area contributed by atoms with Gasteiger partial charge >= 0.3 is 0 Å². The summed E-state index contributed by atoms with van der Waals surface area (Å²) in [6.07, 6.45) is 53.1. The van der Waals surface area contributed by atoms with Crippen LogP contribution in [0.4, 0.5) is 0 Å². The van der Waals surface area contributed by atoms with Crippen LogP contribution in [0.15, 0.2) is 146 Å². The summed E-state index contributed by atoms with van der Waals surface area (Å²) in [4.78, 5) is 13.0. The van der Waals surface area contributed by atoms with Gasteiger partial charge in [-0.05, 0) is 96.3 Å². The molecule has 12 unspecified atom stereocenters. The largest absolute Gasteiger partial charge is 0.394 e. The molecule has 0 saturated carbocycles. The van der Waals surface area contributed by atoms with Crippen molar-refractivity contribution in [1.82, 2.24) is 5.32 Å². The Hall–Kier alpha value is -4.13. The lowest BCUT2D eigenvalue weighted by Gasteiger charge is -2.46. The zero-order valence-corrected chi connectivity index (χ0v) is 45.7. The fraction of sp³-hybridized carbons (Fsp3) is 0.597. The predicted octanol–water partition coefficient (Wildman–Crippen LogP) is 8.99. The van der Waals surface area contributed by atoms with Gasteiger partial charge in [-0.1, -0.05) is 185 Å². The predicted molar refractivity (Wildman–Crippen MR) is 304 cm³/mol. The van der Waals surface area contributed by atoms with Crippen molar-refractivity contribution in [3.8, 4) is 0 Å². The molecule has 428 valence electrons. The molecule has 0 aromatic heterocycles. The van der Waals surface area contributed by atoms with Crippen molar-refractivity contribution in [3.05, 3.63) is 146 Å². The number of aliphatic hydroxyl groups excluding tert-OH is 8. The van der Waals surface area contributed by atoms with Gasteiger partial charge in [0.05, 0.1) is 32.0 Å². The fourth-order valence-corrected chi connectivity index (χ4v) is 8.01. The van der Waals surface area contributed by atoms with E-state index in [1.54, 1.807) is 12.2 Å². The van der Waals surface area contributed by atoms with Gasteiger partial charge < -0.3 is 65.1 Å². The first kappa shape index (κ1) is 68.0. The van der Waals surface area contributed by atoms with Crippen molar-refractivity contribution >= 4 is 5.91 Å². The van der Waals surface area contributed by atoms with Gasteiger partial charge in [-0.2, -0.15) is 0 Å². The first-order chi connectivity index (χ1) is 37.1. The van der Waals surface area contributed by atoms with Gasteiger partial charge in [0.1, 0.15) is 48.8 Å². The van der Waals surface area contributed by atoms with Gasteiger partial charge in [0.25, 0.3) is 0 Å². The average Bonchev–Trinajstić information content (AvgIpc) is 3.42. The van der Waals surface area contributed by atoms with E-state index < -0.39 is 86.8 Å². The van der Waals surface area contributed by atoms with E-state index in [-0.39, 0.29) is 18.9 Å². The summed E-state index contributed by atoms with van der Waals surface area (Å²) in [6, 6.07) is -0.931. The second-order valence-electron chi connectivity index (χ2n) is 19.0. The average molecular weight is 1060 g/mol. The first-order valence-electron chi connectivity index (χ1n) is 28.1. The lowest BCUT2D eigenvalue weighted by Crippen LogP contribution is -2.65. The Balaban J connectivity index is 1.55. The van der Waals surface area contributed by atoms with Crippen molar-refractivity contribution in [2.45, 2.75) is 216 Å². The highest BCUT2D eigenvalue weighted by Gasteiger charge is 2.51. The van der Waals surface area contributed by atoms with Crippen LogP contribution in [0, 0.1) is 0 Å². The highest BCUT2D eigenvalue weighted by Crippen LogP contribution is 2.30. The van der Waals surface area contributed by atoms with Crippen molar-refractivity contribution < 1.29 is 64.6 Å². The molecule has 14 heteroatoms. The van der Waals surface area contributed by atoms with E-state index in [0.29, 0.717) is 12.8 Å². The molecule has 14 nitrogen and oxygen atoms in total. The molecule has 9 N–H and O–H groups in total. The molecule has 2 fully saturated rings. The lowest BCUT2D eigenvalue weighted by atomic mass is 9.97. The summed E-state index contributed by atoms with van der Waals surface area (Å²) in [7, 11) is 0. The molecule has 2 rings (SSSR count). The number of nitrogens with one attached hydrogen (secondary N) is 1. The van der Waals surface area contributed by atoms with Gasteiger partial charge in [-0.3, -0.25) is 4.79 Å². The number of unbranched alkanes of at least 4 members (excludes halogenated alkanes) is 6. The van der Waals surface area contributed by atoms with Crippen LogP contribution in [0.25, 0.3) is 0 Å². The fourth-order valence-electron chi connectivity index (χ4n) is 8.01. The molecule has 2 aliphatic heterocycles. The molecule has 0 spiro atoms. The van der Waals surface area contributed by atoms with Crippen LogP contribution in [-0.2, 0) is 23.7 Å². The zero-order valence-electron chi connectivity index (χ0n) is 45.7. The normalized spacial score (nSPS) is 26.0. The number of carbonyl (C=O) groups excluding carboxylic acids is 1. The second-order valence-corrected chi connectivity index (χ2v) is 19.0. The van der Waals surface area contributed by atoms with E-state index in [9.17, 15) is 45.6 Å². The summed E-state index contributed by atoms with van der Waals surface area (Å²) in [5.41, 5.74) is 0. The standard InChI is InChI=1S/C62H97NO13/c1-3-5-7-8-9-10-11-12-13-14-15-16-17-18-19-20-21-22-23-24-25-26-27-28-29-30-31-32-33-34-35-36-37-38-39-40-41-42-44-46-54(67)63-50(51(66)45-43-6-4-2)49-73-61-59(72)57(70)60(53(48-65)75-61)76-62-58(71)56(69)55(68)52(47-64)74-62/h5,7,9-10,12-13,15-16,18-19,21-22,24-25,27-28,30-31,33-34,36-37,43,45,50-53,55-62,64-66,68-72H,3-4,6,8,11,14,17,20,23,26,29,32,35,38-42,44,46-49H2,1-2H3,(H,63,67)/b7-5-,10-9-,13-12-,16-15-,19-18-,22-21-,25-24-,28-27-,31-30-,34-33-,37-36-,45-43+. The molecule has 0 bridgehead atoms. The van der Waals surface area contributed by atoms with Gasteiger partial charge in [0, 0.05) is 6.42 Å². The zero-order chi connectivity index (χ0) is 55.3. The Morgan fingerprint density at radius 1 is 0.487 bits per heavy atom. The summed E-state index contributed by atoms with van der Waals surface area (Å²) in [5, 5.41) is 85.9. The molecule has 2 aliphatic rings. The number of rotatable bonds is 41. The lowest BCUT2D eigenvalue weighted by molar-refractivity contribution is -0.359. The van der Waals surface area contributed by atoms with Gasteiger partial charge in [0.15, 0.2) is 12.6 Å². The van der Waals surface area contributed by atoms with E-state index in [4.69, 9.17) is 18.9 Å². The number of hydrogen-bond acceptors (Lipinski definition) is 13. The number of ether oxygens (including phenoxy) is 4. The molecule has 12 atom stereocenters. The van der Waals surface area contributed by atoms with Crippen molar-refractivity contribution in [3.63, 3.8) is 0 Å². The van der Waals surface area contributed by atoms with E-state index in [2.05, 4.69) is 146 Å². The van der Waals surface area contributed by atoms with E-state index in [1.165, 1.54) is 0 Å². The highest BCUT2D eigenvalue weighted by atomic mass is 16.7. The van der Waals surface area contributed by atoms with Crippen LogP contribution in [0.2, 0.25) is 0 Å². The van der Waals surface area contributed by atoms with E-state index in [0.717, 1.165) is 109 Å². The van der Waals surface area contributed by atoms with E-state index in [1.807, 2.05) is 6.92 Å². The van der Waals surface area contributed by atoms with Crippen molar-refractivity contribution in [2.75, 3.05) is 19.8 Å². The molecular formula is C62H97NO13. The third kappa shape index (κ3) is 31.3. The van der Waals surface area contributed by atoms with E-state index >= 15 is 0 Å². The highest BCUT2D eigenvalue weighted by molar-refractivity contribution is 5.76. The Morgan fingerprint density at radius 2 is 0.908 bits per heavy atom. The maximum Gasteiger partial charge on any atom is 0.220 e. The third-order valence-corrected chi connectivity index (χ3v) is 12.5. The Labute approximate surface area is 455 Å². The summed E-state index contributed by atoms with van der Waals surface area (Å²) < 4.78 is 22.5. The molecular weight excluding hydrogens is 967 g/mol. The van der Waals surface area contributed by atoms with Crippen LogP contribution in [0.1, 0.15) is 142 Å². The topological polar surface area (TPSA) is 228 Å². The van der Waals surface area contributed by atoms with Crippen molar-refractivity contribution in [1.29, 1.82) is 0 Å². The van der Waals surface area contributed by atoms with Crippen LogP contribution in [0.5, 0.6) is 0 Å². The van der Waals surface area contributed by atoms with Crippen LogP contribution >= 0.6 is 0 Å². The molecule has 2 heterocycles. The van der Waals surface area contributed by atoms with Crippen LogP contribution in [0.3, 0.4) is 0 Å². The summed E-state index contributed by atoms with van der Waals surface area (Å²) >= 11 is 0. The third-order valence-electron chi connectivity index (χ3n) is 12.5. The quantitative estimate of drug-likeness (QED) is 0.0206. The smallest absolute Gasteiger partial charge is 0.220 e. The molecule has 0 radical (unpaired) electrons. The molecule has 1 amide bonds. The number of hydrogen-bond donors (Lipinski definition) is 9. The molecule has 0 aliphatic carbocycles. The maximum atomic E-state index is 13.0. The molecule has 76 heavy (non-hydrogen) atoms. The number of carbonyl (C=O) groups is 1. The van der Waals surface area contributed by atoms with Crippen LogP contribution < -0.4 is 5.32 Å². The van der Waals surface area contributed by atoms with Gasteiger partial charge in [-0.25, -0.2) is 0 Å². The monoisotopic (exact) mass is 1060 g/mol. The Morgan fingerprint density at radius 3 is 1.37 bits per heavy atom. The molecule has 0 aromatic carbocycles. The first-order valence-corrected chi connectivity index (χ1v) is 28.1. The number of aliphatic hydroxyl groups is 8.